The largest absolute Gasteiger partial charge is 0.480 e. The summed E-state index contributed by atoms with van der Waals surface area (Å²) in [6, 6.07) is -1.01. The fourth-order valence-corrected chi connectivity index (χ4v) is 2.02. The summed E-state index contributed by atoms with van der Waals surface area (Å²) in [4.78, 5) is 24.4. The Morgan fingerprint density at radius 1 is 1.25 bits per heavy atom. The molecule has 0 unspecified atom stereocenters. The molecule has 0 aromatic heterocycles. The molecule has 1 fully saturated rings. The Bertz CT molecular complexity index is 344. The van der Waals surface area contributed by atoms with Crippen LogP contribution in [-0.4, -0.2) is 72.4 Å². The van der Waals surface area contributed by atoms with E-state index in [1.54, 1.807) is 0 Å². The molecular formula is C11H18F3N3O3. The van der Waals surface area contributed by atoms with Gasteiger partial charge in [-0.15, -0.1) is 0 Å². The van der Waals surface area contributed by atoms with Crippen molar-refractivity contribution in [1.29, 1.82) is 0 Å². The molecule has 0 aromatic rings. The van der Waals surface area contributed by atoms with E-state index in [9.17, 15) is 22.8 Å². The first kappa shape index (κ1) is 16.5. The molecule has 116 valence electrons. The number of carbonyl (C=O) groups is 2. The Hall–Kier alpha value is -1.51. The van der Waals surface area contributed by atoms with E-state index >= 15 is 0 Å². The zero-order valence-electron chi connectivity index (χ0n) is 10.9. The van der Waals surface area contributed by atoms with Gasteiger partial charge in [0.1, 0.15) is 13.1 Å². The van der Waals surface area contributed by atoms with Crippen molar-refractivity contribution in [2.45, 2.75) is 19.0 Å². The lowest BCUT2D eigenvalue weighted by molar-refractivity contribution is -0.148. The molecule has 0 saturated carbocycles. The summed E-state index contributed by atoms with van der Waals surface area (Å²) < 4.78 is 36.8. The minimum Gasteiger partial charge on any atom is -0.480 e. The zero-order valence-corrected chi connectivity index (χ0v) is 10.9. The minimum absolute atomic E-state index is 0.201. The average molecular weight is 297 g/mol. The molecule has 1 aliphatic heterocycles. The average Bonchev–Trinajstić information content (AvgIpc) is 2.78. The van der Waals surface area contributed by atoms with E-state index < -0.39 is 31.3 Å². The van der Waals surface area contributed by atoms with E-state index in [2.05, 4.69) is 10.2 Å². The molecule has 0 spiro atoms. The number of nitrogens with one attached hydrogen (secondary N) is 1. The van der Waals surface area contributed by atoms with Crippen LogP contribution in [0, 0.1) is 0 Å². The predicted octanol–water partition coefficient (Wildman–Crippen LogP) is 0.741. The topological polar surface area (TPSA) is 72.9 Å². The number of amides is 2. The van der Waals surface area contributed by atoms with Crippen LogP contribution >= 0.6 is 0 Å². The van der Waals surface area contributed by atoms with Gasteiger partial charge in [-0.3, -0.25) is 4.79 Å². The van der Waals surface area contributed by atoms with Crippen LogP contribution in [0.25, 0.3) is 0 Å². The quantitative estimate of drug-likeness (QED) is 0.758. The molecule has 0 aliphatic carbocycles. The minimum atomic E-state index is -4.62. The normalized spacial score (nSPS) is 16.1. The maximum absolute atomic E-state index is 12.3. The van der Waals surface area contributed by atoms with Gasteiger partial charge in [0.05, 0.1) is 0 Å². The van der Waals surface area contributed by atoms with Gasteiger partial charge >= 0.3 is 18.2 Å². The van der Waals surface area contributed by atoms with Gasteiger partial charge in [0.2, 0.25) is 0 Å². The van der Waals surface area contributed by atoms with Crippen molar-refractivity contribution in [2.75, 3.05) is 39.3 Å². The zero-order chi connectivity index (χ0) is 15.2. The van der Waals surface area contributed by atoms with Crippen molar-refractivity contribution in [3.05, 3.63) is 0 Å². The van der Waals surface area contributed by atoms with E-state index in [4.69, 9.17) is 5.11 Å². The van der Waals surface area contributed by atoms with E-state index in [0.29, 0.717) is 6.54 Å². The van der Waals surface area contributed by atoms with Crippen LogP contribution in [0.4, 0.5) is 18.0 Å². The van der Waals surface area contributed by atoms with Crippen LogP contribution in [0.5, 0.6) is 0 Å². The highest BCUT2D eigenvalue weighted by Gasteiger charge is 2.33. The van der Waals surface area contributed by atoms with Crippen LogP contribution < -0.4 is 5.32 Å². The van der Waals surface area contributed by atoms with Crippen molar-refractivity contribution in [1.82, 2.24) is 15.1 Å². The number of likely N-dealkylation sites (tertiary alicyclic amines) is 1. The predicted molar refractivity (Wildman–Crippen MR) is 64.3 cm³/mol. The summed E-state index contributed by atoms with van der Waals surface area (Å²) in [7, 11) is 0. The second-order valence-electron chi connectivity index (χ2n) is 4.65. The number of carboxylic acids is 1. The van der Waals surface area contributed by atoms with Gasteiger partial charge in [0.15, 0.2) is 0 Å². The summed E-state index contributed by atoms with van der Waals surface area (Å²) in [5, 5.41) is 10.8. The lowest BCUT2D eigenvalue weighted by Gasteiger charge is -2.23. The summed E-state index contributed by atoms with van der Waals surface area (Å²) in [6.07, 6.45) is -2.47. The molecule has 1 heterocycles. The van der Waals surface area contributed by atoms with Crippen LogP contribution in [0.2, 0.25) is 0 Å². The Balaban J connectivity index is 2.39. The smallest absolute Gasteiger partial charge is 0.406 e. The number of halogens is 3. The molecule has 0 atom stereocenters. The number of hydrogen-bond acceptors (Lipinski definition) is 3. The number of alkyl halides is 3. The second kappa shape index (κ2) is 7.32. The number of aliphatic carboxylic acids is 1. The Morgan fingerprint density at radius 3 is 2.35 bits per heavy atom. The van der Waals surface area contributed by atoms with Crippen LogP contribution in [-0.2, 0) is 4.79 Å². The maximum atomic E-state index is 12.3. The third-order valence-corrected chi connectivity index (χ3v) is 2.89. The van der Waals surface area contributed by atoms with Crippen molar-refractivity contribution in [3.8, 4) is 0 Å². The molecule has 1 rings (SSSR count). The molecule has 9 heteroatoms. The third-order valence-electron chi connectivity index (χ3n) is 2.89. The first-order valence-corrected chi connectivity index (χ1v) is 6.31. The molecule has 20 heavy (non-hydrogen) atoms. The Kier molecular flexibility index (Phi) is 6.05. The molecule has 1 aliphatic rings. The van der Waals surface area contributed by atoms with Crippen molar-refractivity contribution in [3.63, 3.8) is 0 Å². The first-order chi connectivity index (χ1) is 9.28. The Morgan fingerprint density at radius 2 is 1.85 bits per heavy atom. The monoisotopic (exact) mass is 297 g/mol. The van der Waals surface area contributed by atoms with E-state index in [1.807, 2.05) is 0 Å². The summed E-state index contributed by atoms with van der Waals surface area (Å²) in [5.74, 6) is -1.48. The van der Waals surface area contributed by atoms with Gasteiger partial charge in [-0.25, -0.2) is 4.79 Å². The van der Waals surface area contributed by atoms with Crippen LogP contribution in [0.1, 0.15) is 12.8 Å². The molecule has 0 aromatic carbocycles. The molecule has 0 radical (unpaired) electrons. The van der Waals surface area contributed by atoms with Crippen LogP contribution in [0.15, 0.2) is 0 Å². The molecule has 6 nitrogen and oxygen atoms in total. The summed E-state index contributed by atoms with van der Waals surface area (Å²) in [5.41, 5.74) is 0. The maximum Gasteiger partial charge on any atom is 0.406 e. The highest BCUT2D eigenvalue weighted by Crippen LogP contribution is 2.16. The molecule has 0 bridgehead atoms. The number of carboxylic acid groups (broad SMARTS) is 1. The van der Waals surface area contributed by atoms with Gasteiger partial charge in [-0.05, 0) is 25.9 Å². The fourth-order valence-electron chi connectivity index (χ4n) is 2.02. The number of urea groups is 1. The standard InChI is InChI=1S/C11H18F3N3O3/c12-11(13,14)8-17(7-9(18)19)10(20)15-3-6-16-4-1-2-5-16/h1-8H2,(H,15,20)(H,18,19). The Labute approximate surface area is 114 Å². The van der Waals surface area contributed by atoms with Crippen LogP contribution in [0.3, 0.4) is 0 Å². The number of nitrogens with zero attached hydrogens (tertiary/aromatic N) is 2. The third kappa shape index (κ3) is 6.60. The molecular weight excluding hydrogens is 279 g/mol. The fraction of sp³-hybridized carbons (Fsp3) is 0.818. The van der Waals surface area contributed by atoms with Gasteiger partial charge in [-0.1, -0.05) is 0 Å². The van der Waals surface area contributed by atoms with Gasteiger partial charge in [0.25, 0.3) is 0 Å². The van der Waals surface area contributed by atoms with Crippen molar-refractivity contribution in [2.24, 2.45) is 0 Å². The second-order valence-corrected chi connectivity index (χ2v) is 4.65. The lowest BCUT2D eigenvalue weighted by Crippen LogP contribution is -2.48. The van der Waals surface area contributed by atoms with E-state index in [1.165, 1.54) is 0 Å². The number of rotatable bonds is 6. The number of hydrogen-bond donors (Lipinski definition) is 2. The summed E-state index contributed by atoms with van der Waals surface area (Å²) in [6.45, 7) is 0.0317. The highest BCUT2D eigenvalue weighted by atomic mass is 19.4. The first-order valence-electron chi connectivity index (χ1n) is 6.31. The van der Waals surface area contributed by atoms with E-state index in [0.717, 1.165) is 25.9 Å². The van der Waals surface area contributed by atoms with Gasteiger partial charge < -0.3 is 20.2 Å². The van der Waals surface area contributed by atoms with Gasteiger partial charge in [-0.2, -0.15) is 13.2 Å². The molecule has 2 amide bonds. The number of carbonyl (C=O) groups excluding carboxylic acids is 1. The molecule has 2 N–H and O–H groups in total. The van der Waals surface area contributed by atoms with Gasteiger partial charge in [0, 0.05) is 13.1 Å². The summed E-state index contributed by atoms with van der Waals surface area (Å²) >= 11 is 0. The van der Waals surface area contributed by atoms with Crippen molar-refractivity contribution >= 4 is 12.0 Å². The lowest BCUT2D eigenvalue weighted by atomic mass is 10.4. The molecule has 1 saturated heterocycles. The SMILES string of the molecule is O=C(O)CN(CC(F)(F)F)C(=O)NCCN1CCCC1. The van der Waals surface area contributed by atoms with E-state index in [-0.39, 0.29) is 11.4 Å². The highest BCUT2D eigenvalue weighted by molar-refractivity contribution is 5.80. The van der Waals surface area contributed by atoms with Crippen molar-refractivity contribution < 1.29 is 27.9 Å².